The molecular formula is C15H18F3NO2. The fraction of sp³-hybridized carbons (Fsp3) is 0.533. The van der Waals surface area contributed by atoms with Gasteiger partial charge in [0.25, 0.3) is 0 Å². The number of carboxylic acid groups (broad SMARTS) is 1. The molecular weight excluding hydrogens is 283 g/mol. The topological polar surface area (TPSA) is 40.5 Å². The predicted molar refractivity (Wildman–Crippen MR) is 71.2 cm³/mol. The molecule has 1 aromatic rings. The molecule has 1 aliphatic heterocycles. The van der Waals surface area contributed by atoms with E-state index in [0.717, 1.165) is 12.5 Å². The Labute approximate surface area is 121 Å². The summed E-state index contributed by atoms with van der Waals surface area (Å²) in [5, 5.41) is 9.40. The van der Waals surface area contributed by atoms with Gasteiger partial charge in [-0.1, -0.05) is 13.3 Å². The molecule has 3 nitrogen and oxygen atoms in total. The lowest BCUT2D eigenvalue weighted by molar-refractivity contribution is -0.148. The minimum atomic E-state index is -1.22. The van der Waals surface area contributed by atoms with Crippen LogP contribution in [0.5, 0.6) is 0 Å². The fourth-order valence-corrected chi connectivity index (χ4v) is 2.98. The molecule has 0 aromatic heterocycles. The van der Waals surface area contributed by atoms with Crippen molar-refractivity contribution in [3.05, 3.63) is 35.1 Å². The van der Waals surface area contributed by atoms with Crippen molar-refractivity contribution in [2.45, 2.75) is 32.7 Å². The van der Waals surface area contributed by atoms with Crippen molar-refractivity contribution in [1.29, 1.82) is 0 Å². The molecule has 1 unspecified atom stereocenters. The first-order chi connectivity index (χ1) is 9.88. The van der Waals surface area contributed by atoms with Crippen LogP contribution in [0.4, 0.5) is 13.2 Å². The number of hydrogen-bond acceptors (Lipinski definition) is 2. The summed E-state index contributed by atoms with van der Waals surface area (Å²) in [7, 11) is 0. The van der Waals surface area contributed by atoms with E-state index >= 15 is 0 Å². The average molecular weight is 301 g/mol. The molecule has 6 heteroatoms. The second-order valence-electron chi connectivity index (χ2n) is 5.65. The molecule has 0 bridgehead atoms. The van der Waals surface area contributed by atoms with Crippen LogP contribution in [0.15, 0.2) is 12.1 Å². The van der Waals surface area contributed by atoms with Gasteiger partial charge in [-0.05, 0) is 25.5 Å². The first kappa shape index (κ1) is 15.8. The lowest BCUT2D eigenvalue weighted by atomic mass is 9.83. The Balaban J connectivity index is 2.12. The Bertz CT molecular complexity index is 550. The number of halogens is 3. The van der Waals surface area contributed by atoms with E-state index in [9.17, 15) is 23.1 Å². The molecule has 1 saturated heterocycles. The van der Waals surface area contributed by atoms with Crippen LogP contribution in [0, 0.1) is 22.9 Å². The summed E-state index contributed by atoms with van der Waals surface area (Å²) in [6, 6.07) is 1.36. The molecule has 2 rings (SSSR count). The van der Waals surface area contributed by atoms with Crippen LogP contribution < -0.4 is 0 Å². The Hall–Kier alpha value is -1.56. The molecule has 0 saturated carbocycles. The van der Waals surface area contributed by atoms with Crippen molar-refractivity contribution >= 4 is 5.97 Å². The number of nitrogens with zero attached hydrogens (tertiary/aromatic N) is 1. The number of hydrogen-bond donors (Lipinski definition) is 1. The van der Waals surface area contributed by atoms with Crippen LogP contribution in [-0.4, -0.2) is 29.1 Å². The van der Waals surface area contributed by atoms with Crippen LogP contribution in [-0.2, 0) is 11.3 Å². The van der Waals surface area contributed by atoms with E-state index in [1.807, 2.05) is 6.92 Å². The van der Waals surface area contributed by atoms with Gasteiger partial charge in [0.1, 0.15) is 5.82 Å². The molecule has 116 valence electrons. The van der Waals surface area contributed by atoms with Crippen molar-refractivity contribution in [3.8, 4) is 0 Å². The van der Waals surface area contributed by atoms with E-state index in [1.54, 1.807) is 4.90 Å². The van der Waals surface area contributed by atoms with Crippen molar-refractivity contribution in [3.63, 3.8) is 0 Å². The lowest BCUT2D eigenvalue weighted by Crippen LogP contribution is -2.34. The summed E-state index contributed by atoms with van der Waals surface area (Å²) in [6.07, 6.45) is 1.79. The maximum Gasteiger partial charge on any atom is 0.310 e. The van der Waals surface area contributed by atoms with Crippen molar-refractivity contribution in [1.82, 2.24) is 4.90 Å². The molecule has 1 atom stereocenters. The smallest absolute Gasteiger partial charge is 0.310 e. The fourth-order valence-electron chi connectivity index (χ4n) is 2.98. The van der Waals surface area contributed by atoms with Gasteiger partial charge in [-0.2, -0.15) is 0 Å². The van der Waals surface area contributed by atoms with E-state index in [2.05, 4.69) is 0 Å². The van der Waals surface area contributed by atoms with Gasteiger partial charge in [0.15, 0.2) is 11.6 Å². The second kappa shape index (κ2) is 6.05. The number of benzene rings is 1. The summed E-state index contributed by atoms with van der Waals surface area (Å²) < 4.78 is 39.7. The van der Waals surface area contributed by atoms with Gasteiger partial charge in [-0.15, -0.1) is 0 Å². The molecule has 0 spiro atoms. The SMILES string of the molecule is CCCC1(C(=O)O)CCN(Cc2cc(F)c(F)cc2F)C1. The van der Waals surface area contributed by atoms with E-state index < -0.39 is 28.8 Å². The van der Waals surface area contributed by atoms with E-state index in [-0.39, 0.29) is 12.1 Å². The summed E-state index contributed by atoms with van der Waals surface area (Å²) in [5.41, 5.74) is -0.768. The Kier molecular flexibility index (Phi) is 4.56. The van der Waals surface area contributed by atoms with Crippen molar-refractivity contribution in [2.75, 3.05) is 13.1 Å². The number of likely N-dealkylation sites (tertiary alicyclic amines) is 1. The zero-order chi connectivity index (χ0) is 15.6. The van der Waals surface area contributed by atoms with Gasteiger partial charge < -0.3 is 5.11 Å². The first-order valence-corrected chi connectivity index (χ1v) is 6.97. The summed E-state index contributed by atoms with van der Waals surface area (Å²) in [4.78, 5) is 13.2. The third-order valence-corrected chi connectivity index (χ3v) is 4.10. The van der Waals surface area contributed by atoms with Crippen molar-refractivity contribution in [2.24, 2.45) is 5.41 Å². The largest absolute Gasteiger partial charge is 0.481 e. The highest BCUT2D eigenvalue weighted by atomic mass is 19.2. The molecule has 0 aliphatic carbocycles. The molecule has 1 aromatic carbocycles. The van der Waals surface area contributed by atoms with E-state index in [0.29, 0.717) is 32.0 Å². The van der Waals surface area contributed by atoms with E-state index in [4.69, 9.17) is 0 Å². The zero-order valence-electron chi connectivity index (χ0n) is 11.8. The molecule has 1 N–H and O–H groups in total. The summed E-state index contributed by atoms with van der Waals surface area (Å²) in [5.74, 6) is -3.97. The standard InChI is InChI=1S/C15H18F3NO2/c1-2-3-15(14(20)21)4-5-19(9-15)8-10-6-12(17)13(18)7-11(10)16/h6-7H,2-5,8-9H2,1H3,(H,20,21). The van der Waals surface area contributed by atoms with Crippen LogP contribution in [0.25, 0.3) is 0 Å². The third kappa shape index (κ3) is 3.20. The van der Waals surface area contributed by atoms with Gasteiger partial charge in [0.2, 0.25) is 0 Å². The molecule has 0 radical (unpaired) electrons. The highest BCUT2D eigenvalue weighted by Crippen LogP contribution is 2.36. The van der Waals surface area contributed by atoms with Gasteiger partial charge in [-0.25, -0.2) is 13.2 Å². The Morgan fingerprint density at radius 2 is 1.95 bits per heavy atom. The maximum atomic E-state index is 13.6. The van der Waals surface area contributed by atoms with Crippen LogP contribution in [0.3, 0.4) is 0 Å². The maximum absolute atomic E-state index is 13.6. The molecule has 1 fully saturated rings. The van der Waals surface area contributed by atoms with Crippen LogP contribution in [0.1, 0.15) is 31.7 Å². The predicted octanol–water partition coefficient (Wildman–Crippen LogP) is 3.18. The monoisotopic (exact) mass is 301 g/mol. The van der Waals surface area contributed by atoms with Gasteiger partial charge in [-0.3, -0.25) is 9.69 Å². The molecule has 21 heavy (non-hydrogen) atoms. The molecule has 1 aliphatic rings. The quantitative estimate of drug-likeness (QED) is 0.849. The second-order valence-corrected chi connectivity index (χ2v) is 5.65. The van der Waals surface area contributed by atoms with Crippen molar-refractivity contribution < 1.29 is 23.1 Å². The molecule has 0 amide bonds. The minimum Gasteiger partial charge on any atom is -0.481 e. The highest BCUT2D eigenvalue weighted by Gasteiger charge is 2.43. The minimum absolute atomic E-state index is 0.0478. The van der Waals surface area contributed by atoms with Crippen LogP contribution in [0.2, 0.25) is 0 Å². The summed E-state index contributed by atoms with van der Waals surface area (Å²) in [6.45, 7) is 2.81. The molecule has 1 heterocycles. The van der Waals surface area contributed by atoms with Gasteiger partial charge >= 0.3 is 5.97 Å². The Morgan fingerprint density at radius 1 is 1.29 bits per heavy atom. The number of aliphatic carboxylic acids is 1. The zero-order valence-corrected chi connectivity index (χ0v) is 11.8. The number of carboxylic acids is 1. The Morgan fingerprint density at radius 3 is 2.57 bits per heavy atom. The average Bonchev–Trinajstić information content (AvgIpc) is 2.81. The number of carbonyl (C=O) groups is 1. The third-order valence-electron chi connectivity index (χ3n) is 4.10. The van der Waals surface area contributed by atoms with Crippen LogP contribution >= 0.6 is 0 Å². The van der Waals surface area contributed by atoms with E-state index in [1.165, 1.54) is 0 Å². The highest BCUT2D eigenvalue weighted by molar-refractivity contribution is 5.75. The first-order valence-electron chi connectivity index (χ1n) is 6.97. The normalized spacial score (nSPS) is 22.7. The summed E-state index contributed by atoms with van der Waals surface area (Å²) >= 11 is 0. The lowest BCUT2D eigenvalue weighted by Gasteiger charge is -2.24. The number of rotatable bonds is 5. The van der Waals surface area contributed by atoms with Gasteiger partial charge in [0, 0.05) is 24.7 Å². The van der Waals surface area contributed by atoms with Gasteiger partial charge in [0.05, 0.1) is 5.41 Å².